The van der Waals surface area contributed by atoms with Crippen molar-refractivity contribution in [3.05, 3.63) is 47.8 Å². The zero-order valence-electron chi connectivity index (χ0n) is 12.3. The van der Waals surface area contributed by atoms with Gasteiger partial charge in [-0.05, 0) is 12.1 Å². The van der Waals surface area contributed by atoms with Gasteiger partial charge in [0.25, 0.3) is 0 Å². The zero-order chi connectivity index (χ0) is 14.9. The van der Waals surface area contributed by atoms with Crippen molar-refractivity contribution in [1.82, 2.24) is 20.3 Å². The highest BCUT2D eigenvalue weighted by molar-refractivity contribution is 5.13. The van der Waals surface area contributed by atoms with Crippen LogP contribution < -0.4 is 5.32 Å². The Morgan fingerprint density at radius 1 is 1.33 bits per heavy atom. The Labute approximate surface area is 124 Å². The van der Waals surface area contributed by atoms with E-state index in [9.17, 15) is 5.11 Å². The van der Waals surface area contributed by atoms with Crippen molar-refractivity contribution in [3.63, 3.8) is 0 Å². The summed E-state index contributed by atoms with van der Waals surface area (Å²) in [5, 5.41) is 21.1. The maximum absolute atomic E-state index is 9.94. The molecule has 0 saturated heterocycles. The molecule has 2 N–H and O–H groups in total. The van der Waals surface area contributed by atoms with E-state index in [1.165, 1.54) is 0 Å². The van der Waals surface area contributed by atoms with Gasteiger partial charge in [-0.2, -0.15) is 0 Å². The molecule has 0 fully saturated rings. The molecule has 2 aromatic rings. The second-order valence-corrected chi connectivity index (χ2v) is 4.87. The molecule has 0 amide bonds. The summed E-state index contributed by atoms with van der Waals surface area (Å²) in [5.74, 6) is 0. The SMILES string of the molecule is CCNCc1cn(CC(O)COCc2ccccc2)nn1. The van der Waals surface area contributed by atoms with Gasteiger partial charge >= 0.3 is 0 Å². The Hall–Kier alpha value is -1.76. The topological polar surface area (TPSA) is 72.2 Å². The molecule has 0 bridgehead atoms. The Bertz CT molecular complexity index is 515. The monoisotopic (exact) mass is 290 g/mol. The summed E-state index contributed by atoms with van der Waals surface area (Å²) in [4.78, 5) is 0. The fourth-order valence-electron chi connectivity index (χ4n) is 1.92. The van der Waals surface area contributed by atoms with Crippen LogP contribution in [0.25, 0.3) is 0 Å². The third-order valence-electron chi connectivity index (χ3n) is 2.96. The second kappa shape index (κ2) is 8.51. The van der Waals surface area contributed by atoms with Gasteiger partial charge in [-0.1, -0.05) is 42.5 Å². The van der Waals surface area contributed by atoms with Crippen molar-refractivity contribution in [2.45, 2.75) is 32.7 Å². The van der Waals surface area contributed by atoms with Crippen LogP contribution in [0.4, 0.5) is 0 Å². The van der Waals surface area contributed by atoms with Crippen LogP contribution in [-0.4, -0.2) is 39.4 Å². The first-order valence-electron chi connectivity index (χ1n) is 7.17. The minimum atomic E-state index is -0.595. The van der Waals surface area contributed by atoms with Gasteiger partial charge in [-0.25, -0.2) is 4.68 Å². The van der Waals surface area contributed by atoms with Crippen molar-refractivity contribution in [2.24, 2.45) is 0 Å². The van der Waals surface area contributed by atoms with E-state index in [-0.39, 0.29) is 6.61 Å². The molecule has 1 unspecified atom stereocenters. The van der Waals surface area contributed by atoms with E-state index in [1.807, 2.05) is 43.5 Å². The van der Waals surface area contributed by atoms with E-state index in [4.69, 9.17) is 4.74 Å². The lowest BCUT2D eigenvalue weighted by molar-refractivity contribution is 0.0185. The summed E-state index contributed by atoms with van der Waals surface area (Å²) in [6.07, 6.45) is 1.24. The maximum atomic E-state index is 9.94. The van der Waals surface area contributed by atoms with Gasteiger partial charge in [0.1, 0.15) is 0 Å². The molecular formula is C15H22N4O2. The Balaban J connectivity index is 1.69. The summed E-state index contributed by atoms with van der Waals surface area (Å²) < 4.78 is 7.14. The summed E-state index contributed by atoms with van der Waals surface area (Å²) in [7, 11) is 0. The maximum Gasteiger partial charge on any atom is 0.0969 e. The molecule has 2 rings (SSSR count). The van der Waals surface area contributed by atoms with Crippen LogP contribution >= 0.6 is 0 Å². The lowest BCUT2D eigenvalue weighted by atomic mass is 10.2. The van der Waals surface area contributed by atoms with Crippen molar-refractivity contribution < 1.29 is 9.84 Å². The second-order valence-electron chi connectivity index (χ2n) is 4.87. The number of rotatable bonds is 9. The van der Waals surface area contributed by atoms with Crippen LogP contribution in [0.1, 0.15) is 18.2 Å². The van der Waals surface area contributed by atoms with E-state index in [1.54, 1.807) is 4.68 Å². The van der Waals surface area contributed by atoms with Crippen LogP contribution in [0.15, 0.2) is 36.5 Å². The number of hydrogen-bond donors (Lipinski definition) is 2. The molecule has 1 heterocycles. The van der Waals surface area contributed by atoms with Crippen molar-refractivity contribution in [3.8, 4) is 0 Å². The van der Waals surface area contributed by atoms with Gasteiger partial charge in [0.05, 0.1) is 31.6 Å². The van der Waals surface area contributed by atoms with Gasteiger partial charge < -0.3 is 15.2 Å². The molecule has 1 atom stereocenters. The van der Waals surface area contributed by atoms with Crippen LogP contribution in [0.5, 0.6) is 0 Å². The molecule has 21 heavy (non-hydrogen) atoms. The third-order valence-corrected chi connectivity index (χ3v) is 2.96. The molecule has 0 aliphatic rings. The predicted molar refractivity (Wildman–Crippen MR) is 79.5 cm³/mol. The number of aliphatic hydroxyl groups is 1. The van der Waals surface area contributed by atoms with E-state index >= 15 is 0 Å². The molecule has 1 aromatic heterocycles. The number of ether oxygens (including phenoxy) is 1. The quantitative estimate of drug-likeness (QED) is 0.720. The molecule has 0 radical (unpaired) electrons. The lowest BCUT2D eigenvalue weighted by Crippen LogP contribution is -2.22. The molecule has 1 aromatic carbocycles. The van der Waals surface area contributed by atoms with Crippen molar-refractivity contribution in [1.29, 1.82) is 0 Å². The standard InChI is InChI=1S/C15H22N4O2/c1-2-16-8-14-9-19(18-17-14)10-15(20)12-21-11-13-6-4-3-5-7-13/h3-7,9,15-16,20H,2,8,10-12H2,1H3. The highest BCUT2D eigenvalue weighted by Crippen LogP contribution is 2.02. The van der Waals surface area contributed by atoms with Gasteiger partial charge in [0.2, 0.25) is 0 Å². The fourth-order valence-corrected chi connectivity index (χ4v) is 1.92. The van der Waals surface area contributed by atoms with Crippen LogP contribution in [0.3, 0.4) is 0 Å². The zero-order valence-corrected chi connectivity index (χ0v) is 12.3. The number of benzene rings is 1. The summed E-state index contributed by atoms with van der Waals surface area (Å²) in [6.45, 7) is 4.78. The lowest BCUT2D eigenvalue weighted by Gasteiger charge is -2.11. The minimum Gasteiger partial charge on any atom is -0.389 e. The molecule has 0 aliphatic heterocycles. The average molecular weight is 290 g/mol. The average Bonchev–Trinajstić information content (AvgIpc) is 2.93. The van der Waals surface area contributed by atoms with E-state index in [2.05, 4.69) is 15.6 Å². The molecule has 0 spiro atoms. The number of aliphatic hydroxyl groups excluding tert-OH is 1. The van der Waals surface area contributed by atoms with E-state index in [0.29, 0.717) is 19.7 Å². The van der Waals surface area contributed by atoms with Crippen LogP contribution in [0.2, 0.25) is 0 Å². The molecule has 0 saturated carbocycles. The van der Waals surface area contributed by atoms with Crippen LogP contribution in [-0.2, 0) is 24.4 Å². The summed E-state index contributed by atoms with van der Waals surface area (Å²) in [5.41, 5.74) is 1.97. The molecule has 6 nitrogen and oxygen atoms in total. The third kappa shape index (κ3) is 5.63. The van der Waals surface area contributed by atoms with Gasteiger partial charge in [0.15, 0.2) is 0 Å². The first kappa shape index (κ1) is 15.6. The van der Waals surface area contributed by atoms with Gasteiger partial charge in [-0.15, -0.1) is 5.10 Å². The van der Waals surface area contributed by atoms with Crippen molar-refractivity contribution >= 4 is 0 Å². The smallest absolute Gasteiger partial charge is 0.0969 e. The van der Waals surface area contributed by atoms with Crippen molar-refractivity contribution in [2.75, 3.05) is 13.2 Å². The van der Waals surface area contributed by atoms with E-state index < -0.39 is 6.10 Å². The van der Waals surface area contributed by atoms with E-state index in [0.717, 1.165) is 17.8 Å². The van der Waals surface area contributed by atoms with Gasteiger partial charge in [-0.3, -0.25) is 0 Å². The molecule has 6 heteroatoms. The largest absolute Gasteiger partial charge is 0.389 e. The normalized spacial score (nSPS) is 12.5. The number of nitrogens with zero attached hydrogens (tertiary/aromatic N) is 3. The predicted octanol–water partition coefficient (Wildman–Crippen LogP) is 0.965. The highest BCUT2D eigenvalue weighted by Gasteiger charge is 2.08. The Kier molecular flexibility index (Phi) is 6.33. The Morgan fingerprint density at radius 3 is 2.90 bits per heavy atom. The summed E-state index contributed by atoms with van der Waals surface area (Å²) in [6, 6.07) is 9.90. The first-order valence-corrected chi connectivity index (χ1v) is 7.17. The highest BCUT2D eigenvalue weighted by atomic mass is 16.5. The Morgan fingerprint density at radius 2 is 2.14 bits per heavy atom. The molecular weight excluding hydrogens is 268 g/mol. The first-order chi connectivity index (χ1) is 10.3. The van der Waals surface area contributed by atoms with Crippen LogP contribution in [0, 0.1) is 0 Å². The molecule has 0 aliphatic carbocycles. The number of hydrogen-bond acceptors (Lipinski definition) is 5. The number of nitrogens with one attached hydrogen (secondary N) is 1. The fraction of sp³-hybridized carbons (Fsp3) is 0.467. The summed E-state index contributed by atoms with van der Waals surface area (Å²) >= 11 is 0. The van der Waals surface area contributed by atoms with Gasteiger partial charge in [0, 0.05) is 12.7 Å². The number of aromatic nitrogens is 3. The minimum absolute atomic E-state index is 0.275. The molecule has 114 valence electrons.